The fourth-order valence-electron chi connectivity index (χ4n) is 3.46. The van der Waals surface area contributed by atoms with Crippen LogP contribution in [-0.4, -0.2) is 21.4 Å². The van der Waals surface area contributed by atoms with E-state index in [0.717, 1.165) is 29.5 Å². The van der Waals surface area contributed by atoms with Crippen molar-refractivity contribution in [2.24, 2.45) is 0 Å². The average molecular weight is 439 g/mol. The Morgan fingerprint density at radius 1 is 1.03 bits per heavy atom. The van der Waals surface area contributed by atoms with Crippen LogP contribution in [0.3, 0.4) is 0 Å². The van der Waals surface area contributed by atoms with Crippen molar-refractivity contribution in [3.63, 3.8) is 0 Å². The van der Waals surface area contributed by atoms with Gasteiger partial charge in [0.2, 0.25) is 5.91 Å². The van der Waals surface area contributed by atoms with Gasteiger partial charge in [-0.15, -0.1) is 0 Å². The van der Waals surface area contributed by atoms with Crippen molar-refractivity contribution in [2.75, 3.05) is 0 Å². The summed E-state index contributed by atoms with van der Waals surface area (Å²) in [5.41, 5.74) is 8.00. The molecule has 0 bridgehead atoms. The van der Waals surface area contributed by atoms with E-state index < -0.39 is 0 Å². The lowest BCUT2D eigenvalue weighted by atomic mass is 10.1. The van der Waals surface area contributed by atoms with Crippen molar-refractivity contribution >= 4 is 34.9 Å². The minimum atomic E-state index is -0.337. The maximum atomic E-state index is 12.6. The highest BCUT2D eigenvalue weighted by molar-refractivity contribution is 7.71. The van der Waals surface area contributed by atoms with Crippen molar-refractivity contribution in [2.45, 2.75) is 46.1 Å². The molecule has 0 saturated heterocycles. The van der Waals surface area contributed by atoms with E-state index >= 15 is 0 Å². The number of aromatic amines is 1. The molecule has 0 saturated carbocycles. The molecule has 0 radical (unpaired) electrons. The second-order valence-corrected chi connectivity index (χ2v) is 7.95. The Bertz CT molecular complexity index is 1230. The number of carbonyl (C=O) groups is 2. The summed E-state index contributed by atoms with van der Waals surface area (Å²) in [5.74, 6) is -0.589. The Kier molecular flexibility index (Phi) is 7.36. The van der Waals surface area contributed by atoms with Crippen molar-refractivity contribution in [1.29, 1.82) is 0 Å². The third-order valence-electron chi connectivity index (χ3n) is 5.12. The number of benzene rings is 2. The fraction of sp³-hybridized carbons (Fsp3) is 0.304. The number of hydrazine groups is 1. The Morgan fingerprint density at radius 2 is 1.81 bits per heavy atom. The lowest BCUT2D eigenvalue weighted by molar-refractivity contribution is -0.122. The zero-order valence-electron chi connectivity index (χ0n) is 17.7. The Labute approximate surface area is 185 Å². The number of hydrogen-bond donors (Lipinski definition) is 3. The highest BCUT2D eigenvalue weighted by Crippen LogP contribution is 2.10. The zero-order chi connectivity index (χ0) is 22.4. The number of unbranched alkanes of at least 4 members (excludes halogenated alkanes) is 2. The van der Waals surface area contributed by atoms with E-state index in [9.17, 15) is 14.4 Å². The number of nitrogens with zero attached hydrogens (tertiary/aromatic N) is 1. The van der Waals surface area contributed by atoms with Crippen LogP contribution in [0.4, 0.5) is 0 Å². The molecule has 3 rings (SSSR count). The highest BCUT2D eigenvalue weighted by Gasteiger charge is 2.10. The first-order valence-electron chi connectivity index (χ1n) is 10.2. The van der Waals surface area contributed by atoms with E-state index in [0.29, 0.717) is 28.7 Å². The Hall–Kier alpha value is -3.26. The molecule has 1 heterocycles. The van der Waals surface area contributed by atoms with Gasteiger partial charge in [0.15, 0.2) is 4.77 Å². The summed E-state index contributed by atoms with van der Waals surface area (Å²) in [6.07, 6.45) is 2.40. The van der Waals surface area contributed by atoms with Gasteiger partial charge >= 0.3 is 0 Å². The summed E-state index contributed by atoms with van der Waals surface area (Å²) in [6.45, 7) is 4.31. The molecule has 1 aromatic heterocycles. The van der Waals surface area contributed by atoms with Crippen LogP contribution in [-0.2, 0) is 11.3 Å². The Morgan fingerprint density at radius 3 is 2.58 bits per heavy atom. The van der Waals surface area contributed by atoms with Gasteiger partial charge in [0.05, 0.1) is 10.9 Å². The van der Waals surface area contributed by atoms with E-state index in [1.165, 1.54) is 0 Å². The molecular weight excluding hydrogens is 412 g/mol. The summed E-state index contributed by atoms with van der Waals surface area (Å²) in [7, 11) is 0. The third kappa shape index (κ3) is 5.67. The van der Waals surface area contributed by atoms with Gasteiger partial charge in [0.1, 0.15) is 0 Å². The molecule has 0 unspecified atom stereocenters. The summed E-state index contributed by atoms with van der Waals surface area (Å²) in [4.78, 5) is 39.9. The quantitative estimate of drug-likeness (QED) is 0.298. The summed E-state index contributed by atoms with van der Waals surface area (Å²) in [5, 5.41) is 0.607. The number of carbonyl (C=O) groups excluding carboxylic acids is 2. The van der Waals surface area contributed by atoms with Crippen molar-refractivity contribution in [3.8, 4) is 0 Å². The van der Waals surface area contributed by atoms with Crippen LogP contribution in [0.1, 0.15) is 47.2 Å². The standard InChI is InChI=1S/C23H26N4O3S/c1-15-11-12-17(16(2)14-15)21(29)26-25-20(28)10-4-3-7-13-27-22(30)18-8-5-6-9-19(18)24-23(27)31/h5-6,8-9,11-12,14H,3-4,7,10,13H2,1-2H3,(H,24,31)(H,25,28)(H,26,29). The van der Waals surface area contributed by atoms with Crippen LogP contribution in [0.5, 0.6) is 0 Å². The lowest BCUT2D eigenvalue weighted by Crippen LogP contribution is -2.41. The number of fused-ring (bicyclic) bond motifs is 1. The first-order valence-corrected chi connectivity index (χ1v) is 10.7. The number of rotatable bonds is 7. The molecule has 2 amide bonds. The fourth-order valence-corrected chi connectivity index (χ4v) is 3.74. The smallest absolute Gasteiger partial charge is 0.269 e. The average Bonchev–Trinajstić information content (AvgIpc) is 2.74. The molecule has 7 nitrogen and oxygen atoms in total. The maximum absolute atomic E-state index is 12.6. The summed E-state index contributed by atoms with van der Waals surface area (Å²) in [6, 6.07) is 12.8. The minimum Gasteiger partial charge on any atom is -0.332 e. The van der Waals surface area contributed by atoms with Gasteiger partial charge in [-0.05, 0) is 62.7 Å². The largest absolute Gasteiger partial charge is 0.332 e. The number of H-pyrrole nitrogens is 1. The van der Waals surface area contributed by atoms with Gasteiger partial charge in [-0.2, -0.15) is 0 Å². The van der Waals surface area contributed by atoms with Gasteiger partial charge in [0, 0.05) is 18.5 Å². The molecule has 0 spiro atoms. The van der Waals surface area contributed by atoms with Crippen LogP contribution in [0.15, 0.2) is 47.3 Å². The molecule has 3 N–H and O–H groups in total. The van der Waals surface area contributed by atoms with E-state index in [1.54, 1.807) is 16.7 Å². The Balaban J connectivity index is 1.42. The molecule has 0 fully saturated rings. The molecule has 3 aromatic rings. The number of nitrogens with one attached hydrogen (secondary N) is 3. The van der Waals surface area contributed by atoms with Gasteiger partial charge in [-0.3, -0.25) is 29.8 Å². The summed E-state index contributed by atoms with van der Waals surface area (Å²) < 4.78 is 1.96. The van der Waals surface area contributed by atoms with Crippen LogP contribution < -0.4 is 16.4 Å². The van der Waals surface area contributed by atoms with Crippen molar-refractivity contribution in [3.05, 3.63) is 74.3 Å². The van der Waals surface area contributed by atoms with Gasteiger partial charge < -0.3 is 4.98 Å². The van der Waals surface area contributed by atoms with Crippen LogP contribution in [0.25, 0.3) is 10.9 Å². The minimum absolute atomic E-state index is 0.105. The molecule has 0 atom stereocenters. The topological polar surface area (TPSA) is 96.0 Å². The first-order chi connectivity index (χ1) is 14.9. The molecule has 162 valence electrons. The van der Waals surface area contributed by atoms with Crippen LogP contribution in [0, 0.1) is 18.6 Å². The second kappa shape index (κ2) is 10.2. The number of hydrogen-bond acceptors (Lipinski definition) is 4. The molecule has 0 aliphatic heterocycles. The third-order valence-corrected chi connectivity index (χ3v) is 5.44. The number of amides is 2. The lowest BCUT2D eigenvalue weighted by Gasteiger charge is -2.10. The van der Waals surface area contributed by atoms with E-state index in [2.05, 4.69) is 15.8 Å². The van der Waals surface area contributed by atoms with Gasteiger partial charge in [-0.25, -0.2) is 0 Å². The van der Waals surface area contributed by atoms with Crippen LogP contribution in [0.2, 0.25) is 0 Å². The number of aromatic nitrogens is 2. The summed E-state index contributed by atoms with van der Waals surface area (Å²) >= 11 is 5.30. The van der Waals surface area contributed by atoms with E-state index in [4.69, 9.17) is 12.2 Å². The van der Waals surface area contributed by atoms with Gasteiger partial charge in [-0.1, -0.05) is 36.2 Å². The van der Waals surface area contributed by atoms with E-state index in [-0.39, 0.29) is 23.8 Å². The first kappa shape index (κ1) is 22.4. The molecule has 2 aromatic carbocycles. The number of para-hydroxylation sites is 1. The SMILES string of the molecule is Cc1ccc(C(=O)NNC(=O)CCCCCn2c(=S)[nH]c3ccccc3c2=O)c(C)c1. The van der Waals surface area contributed by atoms with E-state index in [1.807, 2.05) is 44.2 Å². The molecule has 31 heavy (non-hydrogen) atoms. The molecule has 8 heteroatoms. The van der Waals surface area contributed by atoms with Crippen molar-refractivity contribution < 1.29 is 9.59 Å². The molecular formula is C23H26N4O3S. The van der Waals surface area contributed by atoms with Crippen molar-refractivity contribution in [1.82, 2.24) is 20.4 Å². The molecule has 0 aliphatic carbocycles. The highest BCUT2D eigenvalue weighted by atomic mass is 32.1. The van der Waals surface area contributed by atoms with Crippen LogP contribution >= 0.6 is 12.2 Å². The normalized spacial score (nSPS) is 10.8. The predicted octanol–water partition coefficient (Wildman–Crippen LogP) is 3.70. The van der Waals surface area contributed by atoms with Gasteiger partial charge in [0.25, 0.3) is 11.5 Å². The predicted molar refractivity (Wildman–Crippen MR) is 123 cm³/mol. The number of aryl methyl sites for hydroxylation is 2. The maximum Gasteiger partial charge on any atom is 0.269 e. The monoisotopic (exact) mass is 438 g/mol. The second-order valence-electron chi connectivity index (χ2n) is 7.56. The molecule has 0 aliphatic rings. The zero-order valence-corrected chi connectivity index (χ0v) is 18.5.